The minimum atomic E-state index is -0.827. The first-order valence-electron chi connectivity index (χ1n) is 13.3. The Kier molecular flexibility index (Phi) is 6.83. The van der Waals surface area contributed by atoms with Crippen molar-refractivity contribution in [2.75, 3.05) is 20.3 Å². The number of nitrogens with one attached hydrogen (secondary N) is 3. The van der Waals surface area contributed by atoms with Crippen molar-refractivity contribution in [1.29, 1.82) is 0 Å². The highest BCUT2D eigenvalue weighted by Gasteiger charge is 2.41. The number of ether oxygens (including phenoxy) is 1. The lowest BCUT2D eigenvalue weighted by Crippen LogP contribution is -2.47. The van der Waals surface area contributed by atoms with Gasteiger partial charge in [-0.15, -0.1) is 0 Å². The Morgan fingerprint density at radius 3 is 2.70 bits per heavy atom. The van der Waals surface area contributed by atoms with Crippen LogP contribution in [0, 0.1) is 11.3 Å². The van der Waals surface area contributed by atoms with Crippen LogP contribution in [0.5, 0.6) is 0 Å². The molecule has 2 fully saturated rings. The molecule has 3 aromatic rings. The summed E-state index contributed by atoms with van der Waals surface area (Å²) in [5, 5.41) is 10.5. The third kappa shape index (κ3) is 5.28. The van der Waals surface area contributed by atoms with Gasteiger partial charge in [0.2, 0.25) is 5.91 Å². The number of benzene rings is 1. The Morgan fingerprint density at radius 1 is 1.30 bits per heavy atom. The molecule has 198 valence electrons. The lowest BCUT2D eigenvalue weighted by molar-refractivity contribution is -0.128. The predicted octanol–water partition coefficient (Wildman–Crippen LogP) is 3.78. The number of H-pyrrole nitrogens is 1. The molecule has 2 saturated carbocycles. The van der Waals surface area contributed by atoms with Crippen LogP contribution >= 0.6 is 0 Å². The van der Waals surface area contributed by atoms with E-state index < -0.39 is 5.41 Å². The smallest absolute Gasteiger partial charge is 0.270 e. The molecule has 0 aliphatic heterocycles. The summed E-state index contributed by atoms with van der Waals surface area (Å²) < 4.78 is 7.07. The average Bonchev–Trinajstić information content (AvgIpc) is 3.21. The fourth-order valence-corrected chi connectivity index (χ4v) is 5.19. The van der Waals surface area contributed by atoms with E-state index in [1.807, 2.05) is 25.1 Å². The van der Waals surface area contributed by atoms with Crippen LogP contribution in [-0.2, 0) is 22.0 Å². The number of aromatic amines is 1. The lowest BCUT2D eigenvalue weighted by atomic mass is 9.81. The number of carbonyl (C=O) groups is 2. The minimum absolute atomic E-state index is 0.0247. The Balaban J connectivity index is 1.41. The SMILES string of the molecule is COCC(C)(C(=O)NCC1CCC1)c1ccc2nc([C@H](CC3(C)CC3)NC(=O)c3ccnn3C)[nH]c2c1. The van der Waals surface area contributed by atoms with E-state index in [2.05, 4.69) is 27.6 Å². The average molecular weight is 507 g/mol. The summed E-state index contributed by atoms with van der Waals surface area (Å²) in [5.41, 5.74) is 2.38. The number of rotatable bonds is 11. The third-order valence-electron chi connectivity index (χ3n) is 8.34. The van der Waals surface area contributed by atoms with E-state index in [1.165, 1.54) is 19.3 Å². The van der Waals surface area contributed by atoms with Crippen LogP contribution in [0.15, 0.2) is 30.5 Å². The maximum atomic E-state index is 13.3. The highest BCUT2D eigenvalue weighted by atomic mass is 16.5. The maximum Gasteiger partial charge on any atom is 0.270 e. The van der Waals surface area contributed by atoms with Gasteiger partial charge in [0.15, 0.2) is 0 Å². The zero-order valence-corrected chi connectivity index (χ0v) is 22.3. The van der Waals surface area contributed by atoms with E-state index in [1.54, 1.807) is 31.1 Å². The van der Waals surface area contributed by atoms with Crippen LogP contribution in [0.2, 0.25) is 0 Å². The monoisotopic (exact) mass is 506 g/mol. The van der Waals surface area contributed by atoms with E-state index in [0.717, 1.165) is 41.7 Å². The number of hydrogen-bond acceptors (Lipinski definition) is 5. The molecule has 2 amide bonds. The molecule has 1 unspecified atom stereocenters. The molecular formula is C28H38N6O3. The number of nitrogens with zero attached hydrogens (tertiary/aromatic N) is 3. The molecule has 0 saturated heterocycles. The van der Waals surface area contributed by atoms with Gasteiger partial charge in [-0.25, -0.2) is 4.98 Å². The molecule has 37 heavy (non-hydrogen) atoms. The highest BCUT2D eigenvalue weighted by Crippen LogP contribution is 2.51. The second kappa shape index (κ2) is 9.93. The molecule has 9 heteroatoms. The van der Waals surface area contributed by atoms with Gasteiger partial charge in [0.05, 0.1) is 29.1 Å². The van der Waals surface area contributed by atoms with Crippen molar-refractivity contribution in [1.82, 2.24) is 30.4 Å². The Labute approximate surface area is 217 Å². The van der Waals surface area contributed by atoms with E-state index >= 15 is 0 Å². The van der Waals surface area contributed by atoms with Crippen molar-refractivity contribution < 1.29 is 14.3 Å². The molecule has 2 atom stereocenters. The highest BCUT2D eigenvalue weighted by molar-refractivity contribution is 5.93. The zero-order chi connectivity index (χ0) is 26.2. The van der Waals surface area contributed by atoms with Gasteiger partial charge in [-0.1, -0.05) is 19.4 Å². The van der Waals surface area contributed by atoms with Crippen molar-refractivity contribution in [2.24, 2.45) is 18.4 Å². The molecular weight excluding hydrogens is 468 g/mol. The Bertz CT molecular complexity index is 1290. The molecule has 3 N–H and O–H groups in total. The summed E-state index contributed by atoms with van der Waals surface area (Å²) >= 11 is 0. The normalized spacial score (nSPS) is 19.1. The summed E-state index contributed by atoms with van der Waals surface area (Å²) in [6, 6.07) is 7.34. The van der Waals surface area contributed by atoms with Gasteiger partial charge in [0, 0.05) is 26.9 Å². The van der Waals surface area contributed by atoms with Gasteiger partial charge in [-0.3, -0.25) is 14.3 Å². The molecule has 0 bridgehead atoms. The topological polar surface area (TPSA) is 114 Å². The molecule has 9 nitrogen and oxygen atoms in total. The standard InChI is InChI=1S/C28H38N6O3/c1-27(11-12-27)15-22(33-25(35)23-10-13-30-34(23)3)24-31-20-9-8-19(14-21(20)32-24)28(2,17-37-4)26(36)29-16-18-6-5-7-18/h8-10,13-14,18,22H,5-7,11-12,15-17H2,1-4H3,(H,29,36)(H,31,32)(H,33,35)/t22-,28?/m0/s1. The maximum absolute atomic E-state index is 13.3. The van der Waals surface area contributed by atoms with Gasteiger partial charge in [-0.05, 0) is 74.1 Å². The van der Waals surface area contributed by atoms with Crippen molar-refractivity contribution in [2.45, 2.75) is 63.8 Å². The lowest BCUT2D eigenvalue weighted by Gasteiger charge is -2.31. The largest absolute Gasteiger partial charge is 0.383 e. The number of fused-ring (bicyclic) bond motifs is 1. The second-order valence-electron chi connectivity index (χ2n) is 11.5. The fourth-order valence-electron chi connectivity index (χ4n) is 5.19. The molecule has 0 radical (unpaired) electrons. The van der Waals surface area contributed by atoms with Crippen molar-refractivity contribution >= 4 is 22.8 Å². The van der Waals surface area contributed by atoms with Crippen LogP contribution in [0.1, 0.15) is 80.3 Å². The van der Waals surface area contributed by atoms with Crippen molar-refractivity contribution in [3.63, 3.8) is 0 Å². The molecule has 2 heterocycles. The zero-order valence-electron chi connectivity index (χ0n) is 22.3. The summed E-state index contributed by atoms with van der Waals surface area (Å²) in [6.07, 6.45) is 8.31. The van der Waals surface area contributed by atoms with Crippen LogP contribution in [0.25, 0.3) is 11.0 Å². The number of imidazole rings is 1. The van der Waals surface area contributed by atoms with Gasteiger partial charge in [0.25, 0.3) is 5.91 Å². The first-order valence-corrected chi connectivity index (χ1v) is 13.3. The Hall–Kier alpha value is -3.20. The predicted molar refractivity (Wildman–Crippen MR) is 141 cm³/mol. The van der Waals surface area contributed by atoms with Gasteiger partial charge >= 0.3 is 0 Å². The minimum Gasteiger partial charge on any atom is -0.383 e. The second-order valence-corrected chi connectivity index (χ2v) is 11.5. The van der Waals surface area contributed by atoms with E-state index in [9.17, 15) is 9.59 Å². The van der Waals surface area contributed by atoms with Crippen LogP contribution in [0.3, 0.4) is 0 Å². The molecule has 1 aromatic carbocycles. The van der Waals surface area contributed by atoms with Crippen LogP contribution in [-0.4, -0.2) is 51.8 Å². The molecule has 5 rings (SSSR count). The number of methoxy groups -OCH3 is 1. The summed E-state index contributed by atoms with van der Waals surface area (Å²) in [6.45, 7) is 5.16. The summed E-state index contributed by atoms with van der Waals surface area (Å²) in [7, 11) is 3.38. The van der Waals surface area contributed by atoms with Crippen LogP contribution in [0.4, 0.5) is 0 Å². The first-order chi connectivity index (χ1) is 17.7. The van der Waals surface area contributed by atoms with Crippen LogP contribution < -0.4 is 10.6 Å². The molecule has 0 spiro atoms. The quantitative estimate of drug-likeness (QED) is 0.366. The number of aryl methyl sites for hydroxylation is 1. The number of aromatic nitrogens is 4. The fraction of sp³-hybridized carbons (Fsp3) is 0.571. The van der Waals surface area contributed by atoms with Gasteiger partial charge in [0.1, 0.15) is 11.5 Å². The van der Waals surface area contributed by atoms with Gasteiger partial charge in [-0.2, -0.15) is 5.10 Å². The summed E-state index contributed by atoms with van der Waals surface area (Å²) in [5.74, 6) is 1.10. The van der Waals surface area contributed by atoms with E-state index in [4.69, 9.17) is 9.72 Å². The van der Waals surface area contributed by atoms with Gasteiger partial charge < -0.3 is 20.4 Å². The number of carbonyl (C=O) groups excluding carboxylic acids is 2. The van der Waals surface area contributed by atoms with Crippen molar-refractivity contribution in [3.8, 4) is 0 Å². The number of hydrogen-bond donors (Lipinski definition) is 3. The van der Waals surface area contributed by atoms with Crippen molar-refractivity contribution in [3.05, 3.63) is 47.5 Å². The number of amides is 2. The summed E-state index contributed by atoms with van der Waals surface area (Å²) in [4.78, 5) is 34.6. The molecule has 2 aliphatic rings. The van der Waals surface area contributed by atoms with E-state index in [-0.39, 0.29) is 29.9 Å². The molecule has 2 aromatic heterocycles. The molecule has 2 aliphatic carbocycles. The van der Waals surface area contributed by atoms with E-state index in [0.29, 0.717) is 18.2 Å². The third-order valence-corrected chi connectivity index (χ3v) is 8.34. The first kappa shape index (κ1) is 25.4. The Morgan fingerprint density at radius 2 is 2.08 bits per heavy atom.